The SMILES string of the molecule is C1=C(CCN2CC3(CCOCC3)C2)CCNC1. The number of rotatable bonds is 3. The van der Waals surface area contributed by atoms with E-state index in [4.69, 9.17) is 4.74 Å². The van der Waals surface area contributed by atoms with Crippen molar-refractivity contribution in [3.05, 3.63) is 11.6 Å². The normalized spacial score (nSPS) is 28.8. The first-order chi connectivity index (χ1) is 8.36. The van der Waals surface area contributed by atoms with Crippen molar-refractivity contribution in [3.8, 4) is 0 Å². The van der Waals surface area contributed by atoms with Crippen LogP contribution in [0.15, 0.2) is 11.6 Å². The first-order valence-electron chi connectivity index (χ1n) is 7.05. The fourth-order valence-corrected chi connectivity index (χ4v) is 3.38. The molecule has 2 fully saturated rings. The third-order valence-corrected chi connectivity index (χ3v) is 4.58. The number of nitrogens with zero attached hydrogens (tertiary/aromatic N) is 1. The number of hydrogen-bond acceptors (Lipinski definition) is 3. The molecule has 3 heteroatoms. The van der Waals surface area contributed by atoms with Gasteiger partial charge in [-0.3, -0.25) is 0 Å². The molecule has 96 valence electrons. The molecule has 3 nitrogen and oxygen atoms in total. The Hall–Kier alpha value is -0.380. The minimum Gasteiger partial charge on any atom is -0.381 e. The van der Waals surface area contributed by atoms with Crippen LogP contribution in [0.5, 0.6) is 0 Å². The molecular weight excluding hydrogens is 212 g/mol. The minimum absolute atomic E-state index is 0.640. The van der Waals surface area contributed by atoms with Gasteiger partial charge >= 0.3 is 0 Å². The first kappa shape index (κ1) is 11.7. The van der Waals surface area contributed by atoms with Crippen LogP contribution in [-0.4, -0.2) is 50.8 Å². The molecule has 0 aromatic heterocycles. The summed E-state index contributed by atoms with van der Waals surface area (Å²) in [5.74, 6) is 0. The van der Waals surface area contributed by atoms with E-state index in [0.29, 0.717) is 5.41 Å². The minimum atomic E-state index is 0.640. The highest BCUT2D eigenvalue weighted by Crippen LogP contribution is 2.39. The van der Waals surface area contributed by atoms with Crippen molar-refractivity contribution in [3.63, 3.8) is 0 Å². The molecule has 3 aliphatic rings. The van der Waals surface area contributed by atoms with Crippen LogP contribution in [-0.2, 0) is 4.74 Å². The summed E-state index contributed by atoms with van der Waals surface area (Å²) in [7, 11) is 0. The van der Waals surface area contributed by atoms with Crippen molar-refractivity contribution < 1.29 is 4.74 Å². The molecule has 0 unspecified atom stereocenters. The van der Waals surface area contributed by atoms with Crippen LogP contribution in [0, 0.1) is 5.41 Å². The molecule has 0 bridgehead atoms. The van der Waals surface area contributed by atoms with Gasteiger partial charge in [-0.2, -0.15) is 0 Å². The van der Waals surface area contributed by atoms with E-state index in [2.05, 4.69) is 16.3 Å². The van der Waals surface area contributed by atoms with Crippen LogP contribution < -0.4 is 5.32 Å². The quantitative estimate of drug-likeness (QED) is 0.750. The Bertz CT molecular complexity index is 287. The second-order valence-electron chi connectivity index (χ2n) is 5.89. The molecule has 17 heavy (non-hydrogen) atoms. The molecule has 0 radical (unpaired) electrons. The average molecular weight is 236 g/mol. The second kappa shape index (κ2) is 5.09. The zero-order chi connectivity index (χ0) is 11.6. The van der Waals surface area contributed by atoms with E-state index in [-0.39, 0.29) is 0 Å². The number of ether oxygens (including phenoxy) is 1. The molecule has 3 heterocycles. The summed E-state index contributed by atoms with van der Waals surface area (Å²) in [4.78, 5) is 2.63. The van der Waals surface area contributed by atoms with Crippen LogP contribution in [0.4, 0.5) is 0 Å². The summed E-state index contributed by atoms with van der Waals surface area (Å²) < 4.78 is 5.46. The Morgan fingerprint density at radius 3 is 2.82 bits per heavy atom. The van der Waals surface area contributed by atoms with E-state index in [9.17, 15) is 0 Å². The van der Waals surface area contributed by atoms with Gasteiger partial charge in [-0.25, -0.2) is 0 Å². The smallest absolute Gasteiger partial charge is 0.0472 e. The summed E-state index contributed by atoms with van der Waals surface area (Å²) in [5, 5.41) is 3.37. The molecule has 0 amide bonds. The topological polar surface area (TPSA) is 24.5 Å². The van der Waals surface area contributed by atoms with E-state index in [1.165, 1.54) is 51.9 Å². The van der Waals surface area contributed by atoms with Gasteiger partial charge in [-0.15, -0.1) is 0 Å². The zero-order valence-electron chi connectivity index (χ0n) is 10.7. The molecule has 0 atom stereocenters. The lowest BCUT2D eigenvalue weighted by atomic mass is 9.73. The lowest BCUT2D eigenvalue weighted by molar-refractivity contribution is -0.0798. The fourth-order valence-electron chi connectivity index (χ4n) is 3.38. The first-order valence-corrected chi connectivity index (χ1v) is 7.05. The van der Waals surface area contributed by atoms with Crippen LogP contribution >= 0.6 is 0 Å². The van der Waals surface area contributed by atoms with Crippen LogP contribution in [0.25, 0.3) is 0 Å². The molecule has 2 saturated heterocycles. The number of likely N-dealkylation sites (tertiary alicyclic amines) is 1. The largest absolute Gasteiger partial charge is 0.381 e. The van der Waals surface area contributed by atoms with Crippen molar-refractivity contribution in [1.29, 1.82) is 0 Å². The lowest BCUT2D eigenvalue weighted by Gasteiger charge is -2.52. The van der Waals surface area contributed by atoms with Crippen molar-refractivity contribution in [2.24, 2.45) is 5.41 Å². The summed E-state index contributed by atoms with van der Waals surface area (Å²) in [6.07, 6.45) is 7.50. The van der Waals surface area contributed by atoms with Gasteiger partial charge in [0.25, 0.3) is 0 Å². The Kier molecular flexibility index (Phi) is 3.50. The predicted octanol–water partition coefficient (Wildman–Crippen LogP) is 1.41. The van der Waals surface area contributed by atoms with Gasteiger partial charge < -0.3 is 15.0 Å². The van der Waals surface area contributed by atoms with E-state index in [1.54, 1.807) is 5.57 Å². The Balaban J connectivity index is 1.39. The molecule has 1 N–H and O–H groups in total. The van der Waals surface area contributed by atoms with E-state index < -0.39 is 0 Å². The molecular formula is C14H24N2O. The van der Waals surface area contributed by atoms with Crippen LogP contribution in [0.2, 0.25) is 0 Å². The molecule has 0 aromatic carbocycles. The van der Waals surface area contributed by atoms with Gasteiger partial charge in [0.2, 0.25) is 0 Å². The Morgan fingerprint density at radius 2 is 2.12 bits per heavy atom. The molecule has 0 aliphatic carbocycles. The monoisotopic (exact) mass is 236 g/mol. The Labute approximate surface area is 104 Å². The maximum absolute atomic E-state index is 5.46. The zero-order valence-corrected chi connectivity index (χ0v) is 10.7. The summed E-state index contributed by atoms with van der Waals surface area (Å²) in [6, 6.07) is 0. The van der Waals surface area contributed by atoms with Crippen molar-refractivity contribution in [1.82, 2.24) is 10.2 Å². The van der Waals surface area contributed by atoms with E-state index in [0.717, 1.165) is 19.8 Å². The molecule has 3 rings (SSSR count). The van der Waals surface area contributed by atoms with Crippen LogP contribution in [0.3, 0.4) is 0 Å². The van der Waals surface area contributed by atoms with Crippen molar-refractivity contribution in [2.75, 3.05) is 45.9 Å². The molecule has 0 saturated carbocycles. The maximum Gasteiger partial charge on any atom is 0.0472 e. The highest BCUT2D eigenvalue weighted by molar-refractivity contribution is 5.08. The molecule has 0 aromatic rings. The predicted molar refractivity (Wildman–Crippen MR) is 69.1 cm³/mol. The fraction of sp³-hybridized carbons (Fsp3) is 0.857. The highest BCUT2D eigenvalue weighted by atomic mass is 16.5. The van der Waals surface area contributed by atoms with Crippen LogP contribution in [0.1, 0.15) is 25.7 Å². The highest BCUT2D eigenvalue weighted by Gasteiger charge is 2.43. The van der Waals surface area contributed by atoms with Gasteiger partial charge in [0, 0.05) is 44.8 Å². The number of nitrogens with one attached hydrogen (secondary N) is 1. The van der Waals surface area contributed by atoms with E-state index >= 15 is 0 Å². The molecule has 3 aliphatic heterocycles. The molecule has 1 spiro atoms. The van der Waals surface area contributed by atoms with Gasteiger partial charge in [-0.05, 0) is 32.2 Å². The van der Waals surface area contributed by atoms with Gasteiger partial charge in [-0.1, -0.05) is 11.6 Å². The van der Waals surface area contributed by atoms with E-state index in [1.807, 2.05) is 0 Å². The van der Waals surface area contributed by atoms with Crippen molar-refractivity contribution in [2.45, 2.75) is 25.7 Å². The maximum atomic E-state index is 5.46. The van der Waals surface area contributed by atoms with Crippen molar-refractivity contribution >= 4 is 0 Å². The lowest BCUT2D eigenvalue weighted by Crippen LogP contribution is -2.58. The Morgan fingerprint density at radius 1 is 1.29 bits per heavy atom. The van der Waals surface area contributed by atoms with Gasteiger partial charge in [0.05, 0.1) is 0 Å². The van der Waals surface area contributed by atoms with Gasteiger partial charge in [0.1, 0.15) is 0 Å². The standard InChI is InChI=1S/C14H24N2O/c1-6-15-7-2-13(1)3-8-16-11-14(12-16)4-9-17-10-5-14/h1,15H,2-12H2. The number of hydrogen-bond donors (Lipinski definition) is 1. The second-order valence-corrected chi connectivity index (χ2v) is 5.89. The summed E-state index contributed by atoms with van der Waals surface area (Å²) >= 11 is 0. The third-order valence-electron chi connectivity index (χ3n) is 4.58. The summed E-state index contributed by atoms with van der Waals surface area (Å²) in [6.45, 7) is 8.15. The average Bonchev–Trinajstić information content (AvgIpc) is 2.36. The summed E-state index contributed by atoms with van der Waals surface area (Å²) in [5.41, 5.74) is 2.30. The van der Waals surface area contributed by atoms with Gasteiger partial charge in [0.15, 0.2) is 0 Å². The third kappa shape index (κ3) is 2.72.